The number of rotatable bonds is 11. The summed E-state index contributed by atoms with van der Waals surface area (Å²) >= 11 is 0. The number of aliphatic hydroxyl groups excluding tert-OH is 1. The molecule has 3 atom stereocenters. The Bertz CT molecular complexity index is 459. The van der Waals surface area contributed by atoms with Crippen LogP contribution in [0.25, 0.3) is 0 Å². The van der Waals surface area contributed by atoms with Gasteiger partial charge < -0.3 is 5.11 Å². The maximum atomic E-state index is 12.2. The van der Waals surface area contributed by atoms with Gasteiger partial charge in [0.15, 0.2) is 0 Å². The molecule has 0 saturated heterocycles. The quantitative estimate of drug-likeness (QED) is 0.368. The van der Waals surface area contributed by atoms with Gasteiger partial charge in [-0.25, -0.2) is 0 Å². The van der Waals surface area contributed by atoms with Crippen LogP contribution < -0.4 is 0 Å². The second kappa shape index (κ2) is 10.3. The number of carbonyl (C=O) groups is 1. The highest BCUT2D eigenvalue weighted by molar-refractivity contribution is 5.83. The zero-order valence-electron chi connectivity index (χ0n) is 16.4. The van der Waals surface area contributed by atoms with Gasteiger partial charge in [0.2, 0.25) is 0 Å². The number of hydrogen-bond acceptors (Lipinski definition) is 2. The van der Waals surface area contributed by atoms with E-state index >= 15 is 0 Å². The third-order valence-corrected chi connectivity index (χ3v) is 6.48. The first-order chi connectivity index (χ1) is 12.1. The summed E-state index contributed by atoms with van der Waals surface area (Å²) in [7, 11) is 0. The molecule has 0 spiro atoms. The third kappa shape index (κ3) is 5.54. The Hall–Kier alpha value is -0.890. The van der Waals surface area contributed by atoms with Gasteiger partial charge in [0.05, 0.1) is 6.10 Å². The number of Topliss-reactive ketones (excluding diaryl/α,β-unsaturated/α-hetero) is 1. The fourth-order valence-electron chi connectivity index (χ4n) is 4.66. The minimum absolute atomic E-state index is 0.166. The maximum Gasteiger partial charge on any atom is 0.136 e. The molecule has 2 aliphatic carbocycles. The van der Waals surface area contributed by atoms with E-state index in [4.69, 9.17) is 0 Å². The predicted octanol–water partition coefficient (Wildman–Crippen LogP) is 6.00. The van der Waals surface area contributed by atoms with Gasteiger partial charge in [0.25, 0.3) is 0 Å². The highest BCUT2D eigenvalue weighted by Crippen LogP contribution is 2.48. The van der Waals surface area contributed by atoms with Crippen LogP contribution in [0.2, 0.25) is 0 Å². The van der Waals surface area contributed by atoms with Crippen LogP contribution in [0.3, 0.4) is 0 Å². The Morgan fingerprint density at radius 1 is 1.20 bits per heavy atom. The zero-order chi connectivity index (χ0) is 18.1. The largest absolute Gasteiger partial charge is 0.392 e. The lowest BCUT2D eigenvalue weighted by atomic mass is 9.62. The van der Waals surface area contributed by atoms with E-state index in [1.165, 1.54) is 32.1 Å². The molecule has 25 heavy (non-hydrogen) atoms. The molecule has 2 nitrogen and oxygen atoms in total. The van der Waals surface area contributed by atoms with Gasteiger partial charge in [-0.05, 0) is 56.3 Å². The van der Waals surface area contributed by atoms with Crippen molar-refractivity contribution in [3.8, 4) is 0 Å². The molecule has 0 heterocycles. The summed E-state index contributed by atoms with van der Waals surface area (Å²) in [6.45, 7) is 4.42. The second-order valence-corrected chi connectivity index (χ2v) is 8.27. The summed E-state index contributed by atoms with van der Waals surface area (Å²) in [5.41, 5.74) is 0.187. The van der Waals surface area contributed by atoms with Crippen LogP contribution in [0.4, 0.5) is 0 Å². The number of unbranched alkanes of at least 4 members (excludes halogenated alkanes) is 2. The molecule has 2 fully saturated rings. The van der Waals surface area contributed by atoms with Crippen molar-refractivity contribution in [1.82, 2.24) is 0 Å². The van der Waals surface area contributed by atoms with Crippen molar-refractivity contribution < 1.29 is 9.90 Å². The lowest BCUT2D eigenvalue weighted by molar-refractivity contribution is -0.120. The highest BCUT2D eigenvalue weighted by atomic mass is 16.3. The molecule has 0 aromatic heterocycles. The van der Waals surface area contributed by atoms with Crippen LogP contribution in [-0.4, -0.2) is 17.0 Å². The van der Waals surface area contributed by atoms with Gasteiger partial charge in [-0.2, -0.15) is 0 Å². The van der Waals surface area contributed by atoms with Crippen molar-refractivity contribution in [2.45, 2.75) is 97.0 Å². The Balaban J connectivity index is 1.82. The van der Waals surface area contributed by atoms with E-state index in [1.807, 2.05) is 0 Å². The van der Waals surface area contributed by atoms with Crippen LogP contribution in [0.15, 0.2) is 24.3 Å². The van der Waals surface area contributed by atoms with E-state index in [0.717, 1.165) is 44.9 Å². The summed E-state index contributed by atoms with van der Waals surface area (Å²) in [6.07, 6.45) is 21.5. The molecule has 1 unspecified atom stereocenters. The van der Waals surface area contributed by atoms with E-state index < -0.39 is 0 Å². The van der Waals surface area contributed by atoms with Gasteiger partial charge >= 0.3 is 0 Å². The van der Waals surface area contributed by atoms with E-state index in [1.54, 1.807) is 0 Å². The molecule has 2 rings (SSSR count). The average Bonchev–Trinajstić information content (AvgIpc) is 2.91. The minimum atomic E-state index is -0.207. The smallest absolute Gasteiger partial charge is 0.136 e. The molecule has 2 saturated carbocycles. The van der Waals surface area contributed by atoms with Crippen LogP contribution in [0.5, 0.6) is 0 Å². The van der Waals surface area contributed by atoms with Crippen molar-refractivity contribution in [3.63, 3.8) is 0 Å². The Morgan fingerprint density at radius 3 is 2.64 bits per heavy atom. The summed E-state index contributed by atoms with van der Waals surface area (Å²) in [4.78, 5) is 12.2. The number of allylic oxidation sites excluding steroid dienone is 3. The number of carbonyl (C=O) groups excluding carboxylic acids is 1. The summed E-state index contributed by atoms with van der Waals surface area (Å²) in [5.74, 6) is 0.968. The van der Waals surface area contributed by atoms with Gasteiger partial charge in [-0.15, -0.1) is 0 Å². The van der Waals surface area contributed by atoms with Crippen LogP contribution >= 0.6 is 0 Å². The van der Waals surface area contributed by atoms with Crippen molar-refractivity contribution >= 4 is 5.78 Å². The van der Waals surface area contributed by atoms with Crippen LogP contribution in [0.1, 0.15) is 90.9 Å². The average molecular weight is 347 g/mol. The highest BCUT2D eigenvalue weighted by Gasteiger charge is 2.41. The van der Waals surface area contributed by atoms with E-state index in [0.29, 0.717) is 11.7 Å². The molecule has 0 aromatic rings. The van der Waals surface area contributed by atoms with Gasteiger partial charge in [0.1, 0.15) is 5.78 Å². The second-order valence-electron chi connectivity index (χ2n) is 8.27. The van der Waals surface area contributed by atoms with Gasteiger partial charge in [0, 0.05) is 12.3 Å². The van der Waals surface area contributed by atoms with Gasteiger partial charge in [-0.3, -0.25) is 4.79 Å². The first-order valence-corrected chi connectivity index (χ1v) is 10.7. The Morgan fingerprint density at radius 2 is 2.00 bits per heavy atom. The lowest BCUT2D eigenvalue weighted by Gasteiger charge is -2.45. The van der Waals surface area contributed by atoms with Crippen molar-refractivity contribution in [3.05, 3.63) is 24.3 Å². The minimum Gasteiger partial charge on any atom is -0.392 e. The molecule has 0 radical (unpaired) electrons. The van der Waals surface area contributed by atoms with Crippen molar-refractivity contribution in [2.24, 2.45) is 17.3 Å². The van der Waals surface area contributed by atoms with Crippen LogP contribution in [-0.2, 0) is 4.79 Å². The van der Waals surface area contributed by atoms with Gasteiger partial charge in [-0.1, -0.05) is 63.8 Å². The summed E-state index contributed by atoms with van der Waals surface area (Å²) in [6, 6.07) is 0. The summed E-state index contributed by atoms with van der Waals surface area (Å²) < 4.78 is 0. The van der Waals surface area contributed by atoms with Crippen LogP contribution in [0, 0.1) is 17.3 Å². The molecule has 0 amide bonds. The molecule has 2 aliphatic rings. The van der Waals surface area contributed by atoms with E-state index in [-0.39, 0.29) is 17.4 Å². The monoisotopic (exact) mass is 346 g/mol. The Kier molecular flexibility index (Phi) is 8.42. The van der Waals surface area contributed by atoms with Crippen molar-refractivity contribution in [2.75, 3.05) is 0 Å². The molecule has 142 valence electrons. The molecule has 0 bridgehead atoms. The number of ketones is 1. The predicted molar refractivity (Wildman–Crippen MR) is 105 cm³/mol. The van der Waals surface area contributed by atoms with E-state index in [9.17, 15) is 9.90 Å². The molecule has 0 aromatic carbocycles. The van der Waals surface area contributed by atoms with Crippen molar-refractivity contribution in [1.29, 1.82) is 0 Å². The fraction of sp³-hybridized carbons (Fsp3) is 0.783. The molecular formula is C23H38O2. The standard InChI is InChI=1S/C23H38O2/c1-3-5-6-7-8-12-20-19(14-15-21(20)24)11-9-13-22(25)23(16-4-2)17-10-18-23/h7-9,11,19-20,22,25H,3-6,10,12-18H2,1-2H3/b8-7-,11-9+/t19-,20+,22?/m0/s1. The maximum absolute atomic E-state index is 12.2. The molecule has 0 aliphatic heterocycles. The molecule has 1 N–H and O–H groups in total. The first kappa shape index (κ1) is 20.4. The van der Waals surface area contributed by atoms with E-state index in [2.05, 4.69) is 38.2 Å². The molecular weight excluding hydrogens is 308 g/mol. The number of hydrogen-bond donors (Lipinski definition) is 1. The topological polar surface area (TPSA) is 37.3 Å². The first-order valence-electron chi connectivity index (χ1n) is 10.7. The lowest BCUT2D eigenvalue weighted by Crippen LogP contribution is -2.41. The fourth-order valence-corrected chi connectivity index (χ4v) is 4.66. The normalized spacial score (nSPS) is 27.2. The zero-order valence-corrected chi connectivity index (χ0v) is 16.4. The Labute approximate surface area is 154 Å². The SMILES string of the molecule is CCCC/C=C\C[C@H]1C(=O)CC[C@@H]1/C=C/CC(O)C1(CCC)CCC1. The third-order valence-electron chi connectivity index (χ3n) is 6.48. The number of aliphatic hydroxyl groups is 1. The molecule has 2 heteroatoms. The summed E-state index contributed by atoms with van der Waals surface area (Å²) in [5, 5.41) is 10.6.